The highest BCUT2D eigenvalue weighted by atomic mass is 19.1. The molecule has 1 aliphatic heterocycles. The number of hydrogen-bond acceptors (Lipinski definition) is 5. The number of anilines is 2. The van der Waals surface area contributed by atoms with Crippen molar-refractivity contribution in [3.8, 4) is 0 Å². The normalized spacial score (nSPS) is 18.9. The third-order valence-electron chi connectivity index (χ3n) is 5.65. The zero-order valence-corrected chi connectivity index (χ0v) is 15.9. The van der Waals surface area contributed by atoms with E-state index in [0.29, 0.717) is 5.95 Å². The predicted octanol–water partition coefficient (Wildman–Crippen LogP) is 3.65. The van der Waals surface area contributed by atoms with Crippen molar-refractivity contribution in [1.82, 2.24) is 20.2 Å². The van der Waals surface area contributed by atoms with E-state index >= 15 is 0 Å². The highest BCUT2D eigenvalue weighted by Crippen LogP contribution is 2.48. The first-order valence-electron chi connectivity index (χ1n) is 9.48. The molecule has 2 aromatic heterocycles. The third-order valence-corrected chi connectivity index (χ3v) is 5.65. The van der Waals surface area contributed by atoms with Gasteiger partial charge in [-0.05, 0) is 37.8 Å². The Kier molecular flexibility index (Phi) is 4.45. The number of aromatic nitrogens is 4. The van der Waals surface area contributed by atoms with E-state index in [-0.39, 0.29) is 5.54 Å². The van der Waals surface area contributed by atoms with Gasteiger partial charge in [0.15, 0.2) is 11.6 Å². The summed E-state index contributed by atoms with van der Waals surface area (Å²) in [5.74, 6) is 1.20. The Labute approximate surface area is 158 Å². The van der Waals surface area contributed by atoms with Crippen LogP contribution in [0.1, 0.15) is 44.4 Å². The average Bonchev–Trinajstić information content (AvgIpc) is 3.32. The van der Waals surface area contributed by atoms with Crippen molar-refractivity contribution in [3.63, 3.8) is 0 Å². The van der Waals surface area contributed by atoms with Crippen LogP contribution in [-0.4, -0.2) is 45.3 Å². The summed E-state index contributed by atoms with van der Waals surface area (Å²) >= 11 is 0. The molecular formula is C20H25FN6. The van der Waals surface area contributed by atoms with Crippen LogP contribution >= 0.6 is 0 Å². The minimum atomic E-state index is -0.407. The first-order chi connectivity index (χ1) is 13.1. The van der Waals surface area contributed by atoms with Gasteiger partial charge in [0.2, 0.25) is 5.95 Å². The van der Waals surface area contributed by atoms with Crippen molar-refractivity contribution in [2.75, 3.05) is 29.4 Å². The summed E-state index contributed by atoms with van der Waals surface area (Å²) in [5.41, 5.74) is 3.45. The van der Waals surface area contributed by atoms with Crippen molar-refractivity contribution < 1.29 is 4.39 Å². The van der Waals surface area contributed by atoms with Gasteiger partial charge >= 0.3 is 0 Å². The molecule has 0 unspecified atom stereocenters. The quantitative estimate of drug-likeness (QED) is 0.873. The van der Waals surface area contributed by atoms with Gasteiger partial charge in [0.1, 0.15) is 0 Å². The number of hydrogen-bond donors (Lipinski definition) is 1. The Bertz CT molecular complexity index is 865. The highest BCUT2D eigenvalue weighted by molar-refractivity contribution is 5.81. The number of halogens is 1. The summed E-state index contributed by atoms with van der Waals surface area (Å²) in [5, 5.41) is 7.82. The molecule has 6 nitrogen and oxygen atoms in total. The molecule has 0 aromatic carbocycles. The Hall–Kier alpha value is -2.70. The van der Waals surface area contributed by atoms with Crippen LogP contribution in [-0.2, 0) is 0 Å². The van der Waals surface area contributed by atoms with E-state index in [0.717, 1.165) is 56.0 Å². The third kappa shape index (κ3) is 3.01. The minimum absolute atomic E-state index is 0.0466. The van der Waals surface area contributed by atoms with Gasteiger partial charge in [0.25, 0.3) is 0 Å². The lowest BCUT2D eigenvalue weighted by molar-refractivity contribution is 0.497. The van der Waals surface area contributed by atoms with Gasteiger partial charge in [-0.2, -0.15) is 5.10 Å². The molecule has 2 aromatic rings. The van der Waals surface area contributed by atoms with Crippen LogP contribution in [0.3, 0.4) is 0 Å². The van der Waals surface area contributed by atoms with Crippen LogP contribution in [0.2, 0.25) is 0 Å². The Morgan fingerprint density at radius 1 is 1.33 bits per heavy atom. The number of allylic oxidation sites excluding steroid dienone is 2. The lowest BCUT2D eigenvalue weighted by atomic mass is 10.0. The van der Waals surface area contributed by atoms with E-state index in [1.54, 1.807) is 0 Å². The molecule has 2 fully saturated rings. The van der Waals surface area contributed by atoms with Crippen molar-refractivity contribution in [3.05, 3.63) is 42.1 Å². The van der Waals surface area contributed by atoms with Gasteiger partial charge in [0.05, 0.1) is 23.6 Å². The van der Waals surface area contributed by atoms with E-state index < -0.39 is 5.82 Å². The number of nitrogens with zero attached hydrogens (tertiary/aromatic N) is 5. The molecule has 1 aliphatic carbocycles. The van der Waals surface area contributed by atoms with E-state index in [9.17, 15) is 4.39 Å². The number of aromatic amines is 1. The molecular weight excluding hydrogens is 343 g/mol. The Morgan fingerprint density at radius 3 is 2.67 bits per heavy atom. The number of nitrogens with one attached hydrogen (secondary N) is 1. The molecule has 1 saturated carbocycles. The smallest absolute Gasteiger partial charge is 0.225 e. The highest BCUT2D eigenvalue weighted by Gasteiger charge is 2.53. The molecule has 1 saturated heterocycles. The Morgan fingerprint density at radius 2 is 2.07 bits per heavy atom. The molecule has 1 spiro atoms. The fourth-order valence-electron chi connectivity index (χ4n) is 4.05. The molecule has 27 heavy (non-hydrogen) atoms. The van der Waals surface area contributed by atoms with Gasteiger partial charge in [-0.25, -0.2) is 14.4 Å². The molecule has 1 N–H and O–H groups in total. The van der Waals surface area contributed by atoms with E-state index in [1.807, 2.05) is 6.08 Å². The maximum Gasteiger partial charge on any atom is 0.225 e. The lowest BCUT2D eigenvalue weighted by Crippen LogP contribution is -2.56. The van der Waals surface area contributed by atoms with Crippen molar-refractivity contribution >= 4 is 23.4 Å². The molecule has 142 valence electrons. The minimum Gasteiger partial charge on any atom is -0.345 e. The lowest BCUT2D eigenvalue weighted by Gasteiger charge is -2.42. The topological polar surface area (TPSA) is 60.9 Å². The van der Waals surface area contributed by atoms with E-state index in [1.165, 1.54) is 18.0 Å². The number of H-pyrrole nitrogens is 1. The predicted molar refractivity (Wildman–Crippen MR) is 106 cm³/mol. The summed E-state index contributed by atoms with van der Waals surface area (Å²) in [6, 6.07) is 0. The first kappa shape index (κ1) is 17.7. The van der Waals surface area contributed by atoms with Crippen LogP contribution in [0.15, 0.2) is 25.0 Å². The van der Waals surface area contributed by atoms with E-state index in [2.05, 4.69) is 56.5 Å². The van der Waals surface area contributed by atoms with Gasteiger partial charge < -0.3 is 9.80 Å². The van der Waals surface area contributed by atoms with Crippen LogP contribution in [0.5, 0.6) is 0 Å². The summed E-state index contributed by atoms with van der Waals surface area (Å²) in [6.45, 7) is 10.6. The second-order valence-corrected chi connectivity index (χ2v) is 7.21. The van der Waals surface area contributed by atoms with Gasteiger partial charge in [-0.15, -0.1) is 0 Å². The van der Waals surface area contributed by atoms with Crippen LogP contribution in [0.25, 0.3) is 11.6 Å². The number of piperazine rings is 1. The SMILES string of the molecule is C=Cc1[nH]nc(N2CCN(c3ncc(F)cn3)CC23CC3)c1/C(=C\C)CC. The van der Waals surface area contributed by atoms with Crippen LogP contribution in [0, 0.1) is 5.82 Å². The summed E-state index contributed by atoms with van der Waals surface area (Å²) in [4.78, 5) is 12.9. The monoisotopic (exact) mass is 368 g/mol. The zero-order valence-electron chi connectivity index (χ0n) is 15.9. The molecule has 0 amide bonds. The van der Waals surface area contributed by atoms with Gasteiger partial charge in [-0.3, -0.25) is 5.10 Å². The zero-order chi connectivity index (χ0) is 19.0. The van der Waals surface area contributed by atoms with Crippen LogP contribution in [0.4, 0.5) is 16.2 Å². The fourth-order valence-corrected chi connectivity index (χ4v) is 4.05. The molecule has 2 aliphatic rings. The number of rotatable bonds is 5. The van der Waals surface area contributed by atoms with Gasteiger partial charge in [-0.1, -0.05) is 19.6 Å². The summed E-state index contributed by atoms with van der Waals surface area (Å²) in [6.07, 6.45) is 9.62. The van der Waals surface area contributed by atoms with Crippen molar-refractivity contribution in [2.45, 2.75) is 38.6 Å². The maximum atomic E-state index is 13.1. The van der Waals surface area contributed by atoms with E-state index in [4.69, 9.17) is 0 Å². The average molecular weight is 368 g/mol. The maximum absolute atomic E-state index is 13.1. The second kappa shape index (κ2) is 6.79. The molecule has 0 bridgehead atoms. The molecule has 0 radical (unpaired) electrons. The van der Waals surface area contributed by atoms with Crippen molar-refractivity contribution in [2.24, 2.45) is 0 Å². The molecule has 4 rings (SSSR count). The Balaban J connectivity index is 1.65. The summed E-state index contributed by atoms with van der Waals surface area (Å²) < 4.78 is 13.1. The summed E-state index contributed by atoms with van der Waals surface area (Å²) in [7, 11) is 0. The second-order valence-electron chi connectivity index (χ2n) is 7.21. The molecule has 3 heterocycles. The first-order valence-corrected chi connectivity index (χ1v) is 9.48. The fraction of sp³-hybridized carbons (Fsp3) is 0.450. The van der Waals surface area contributed by atoms with Gasteiger partial charge in [0, 0.05) is 25.2 Å². The van der Waals surface area contributed by atoms with Crippen molar-refractivity contribution in [1.29, 1.82) is 0 Å². The standard InChI is InChI=1S/C20H25FN6/c1-4-14(5-2)17-16(6-3)24-25-18(17)27-10-9-26(13-20(27)7-8-20)19-22-11-15(21)12-23-19/h4,6,11-12H,3,5,7-10,13H2,1-2H3,(H,24,25)/b14-4-. The molecule has 7 heteroatoms. The molecule has 0 atom stereocenters. The largest absolute Gasteiger partial charge is 0.345 e. The van der Waals surface area contributed by atoms with Crippen LogP contribution < -0.4 is 9.80 Å².